The molecule has 2 N–H and O–H groups in total. The van der Waals surface area contributed by atoms with Crippen LogP contribution in [0.4, 0.5) is 0 Å². The van der Waals surface area contributed by atoms with E-state index in [0.29, 0.717) is 11.5 Å². The zero-order chi connectivity index (χ0) is 19.7. The van der Waals surface area contributed by atoms with E-state index in [2.05, 4.69) is 34.9 Å². The van der Waals surface area contributed by atoms with Crippen molar-refractivity contribution in [1.29, 1.82) is 0 Å². The lowest BCUT2D eigenvalue weighted by atomic mass is 9.92. The molecule has 2 aromatic carbocycles. The maximum Gasteiger partial charge on any atom is 0.253 e. The van der Waals surface area contributed by atoms with Gasteiger partial charge in [-0.15, -0.1) is 0 Å². The van der Waals surface area contributed by atoms with E-state index in [1.807, 2.05) is 49.8 Å². The largest absolute Gasteiger partial charge is 0.347 e. The second-order valence-corrected chi connectivity index (χ2v) is 8.66. The molecule has 2 heterocycles. The molecule has 0 aliphatic carbocycles. The van der Waals surface area contributed by atoms with Crippen LogP contribution in [0.5, 0.6) is 0 Å². The molecule has 5 nitrogen and oxygen atoms in total. The highest BCUT2D eigenvalue weighted by Gasteiger charge is 2.19. The van der Waals surface area contributed by atoms with Gasteiger partial charge in [0.25, 0.3) is 5.91 Å². The molecule has 1 aliphatic rings. The van der Waals surface area contributed by atoms with Crippen LogP contribution in [-0.4, -0.2) is 34.3 Å². The predicted octanol–water partition coefficient (Wildman–Crippen LogP) is 4.02. The van der Waals surface area contributed by atoms with Gasteiger partial charge in [0.05, 0.1) is 11.3 Å². The normalized spacial score (nSPS) is 17.6. The van der Waals surface area contributed by atoms with Crippen LogP contribution in [0.25, 0.3) is 16.6 Å². The van der Waals surface area contributed by atoms with Crippen molar-refractivity contribution in [3.05, 3.63) is 59.8 Å². The van der Waals surface area contributed by atoms with Crippen molar-refractivity contribution in [2.75, 3.05) is 13.1 Å². The number of fused-ring (bicyclic) bond motifs is 1. The van der Waals surface area contributed by atoms with Crippen molar-refractivity contribution in [3.63, 3.8) is 0 Å². The molecule has 4 rings (SSSR count). The molecular weight excluding hydrogens is 348 g/mol. The van der Waals surface area contributed by atoms with E-state index in [-0.39, 0.29) is 11.4 Å². The third kappa shape index (κ3) is 3.94. The summed E-state index contributed by atoms with van der Waals surface area (Å²) in [6.07, 6.45) is 4.46. The lowest BCUT2D eigenvalue weighted by Crippen LogP contribution is -2.40. The van der Waals surface area contributed by atoms with Gasteiger partial charge in [-0.3, -0.25) is 4.79 Å². The Morgan fingerprint density at radius 1 is 1.18 bits per heavy atom. The number of nitrogens with one attached hydrogen (secondary N) is 2. The molecule has 0 radical (unpaired) electrons. The fraction of sp³-hybridized carbons (Fsp3) is 0.391. The highest BCUT2D eigenvalue weighted by molar-refractivity contribution is 6.05. The minimum Gasteiger partial charge on any atom is -0.347 e. The Morgan fingerprint density at radius 3 is 2.64 bits per heavy atom. The number of amides is 1. The summed E-state index contributed by atoms with van der Waals surface area (Å²) >= 11 is 0. The Balaban J connectivity index is 1.63. The van der Waals surface area contributed by atoms with E-state index in [1.54, 1.807) is 0 Å². The number of rotatable bonds is 3. The van der Waals surface area contributed by atoms with Gasteiger partial charge in [-0.05, 0) is 69.8 Å². The SMILES string of the molecule is CC(C)(C)NC(=O)c1cccc2cn(-c3ccc(C4CCCNC4)cc3)nc12. The first-order valence-corrected chi connectivity index (χ1v) is 10.0. The molecule has 5 heteroatoms. The van der Waals surface area contributed by atoms with Crippen LogP contribution in [-0.2, 0) is 0 Å². The maximum absolute atomic E-state index is 12.7. The first kappa shape index (κ1) is 18.7. The van der Waals surface area contributed by atoms with Crippen molar-refractivity contribution in [2.24, 2.45) is 0 Å². The third-order valence-electron chi connectivity index (χ3n) is 5.20. The lowest BCUT2D eigenvalue weighted by molar-refractivity contribution is 0.0921. The maximum atomic E-state index is 12.7. The lowest BCUT2D eigenvalue weighted by Gasteiger charge is -2.23. The van der Waals surface area contributed by atoms with Crippen LogP contribution >= 0.6 is 0 Å². The van der Waals surface area contributed by atoms with Gasteiger partial charge < -0.3 is 10.6 Å². The topological polar surface area (TPSA) is 59.0 Å². The summed E-state index contributed by atoms with van der Waals surface area (Å²) in [7, 11) is 0. The summed E-state index contributed by atoms with van der Waals surface area (Å²) in [5.41, 5.74) is 3.43. The molecule has 1 fully saturated rings. The fourth-order valence-corrected chi connectivity index (χ4v) is 3.80. The Bertz CT molecular complexity index is 976. The van der Waals surface area contributed by atoms with E-state index < -0.39 is 0 Å². The fourth-order valence-electron chi connectivity index (χ4n) is 3.80. The van der Waals surface area contributed by atoms with Crippen molar-refractivity contribution < 1.29 is 4.79 Å². The number of aromatic nitrogens is 2. The first-order chi connectivity index (χ1) is 13.4. The average Bonchev–Trinajstić information content (AvgIpc) is 3.12. The molecule has 28 heavy (non-hydrogen) atoms. The zero-order valence-corrected chi connectivity index (χ0v) is 16.8. The Morgan fingerprint density at radius 2 is 1.96 bits per heavy atom. The number of piperidine rings is 1. The summed E-state index contributed by atoms with van der Waals surface area (Å²) < 4.78 is 1.86. The van der Waals surface area contributed by atoms with Gasteiger partial charge in [0.2, 0.25) is 0 Å². The van der Waals surface area contributed by atoms with Crippen molar-refractivity contribution in [1.82, 2.24) is 20.4 Å². The number of hydrogen-bond acceptors (Lipinski definition) is 3. The molecule has 1 aromatic heterocycles. The minimum absolute atomic E-state index is 0.0940. The molecule has 1 atom stereocenters. The molecule has 3 aromatic rings. The van der Waals surface area contributed by atoms with Crippen LogP contribution in [0, 0.1) is 0 Å². The number of carbonyl (C=O) groups is 1. The van der Waals surface area contributed by atoms with Gasteiger partial charge in [-0.1, -0.05) is 24.3 Å². The Kier molecular flexibility index (Phi) is 4.94. The number of hydrogen-bond donors (Lipinski definition) is 2. The van der Waals surface area contributed by atoms with E-state index in [0.717, 1.165) is 29.7 Å². The second kappa shape index (κ2) is 7.40. The van der Waals surface area contributed by atoms with Crippen molar-refractivity contribution in [2.45, 2.75) is 45.1 Å². The summed E-state index contributed by atoms with van der Waals surface area (Å²) in [5, 5.41) is 12.2. The van der Waals surface area contributed by atoms with Crippen LogP contribution in [0.15, 0.2) is 48.7 Å². The van der Waals surface area contributed by atoms with E-state index in [9.17, 15) is 4.79 Å². The van der Waals surface area contributed by atoms with Crippen LogP contribution < -0.4 is 10.6 Å². The van der Waals surface area contributed by atoms with Crippen LogP contribution in [0.2, 0.25) is 0 Å². The van der Waals surface area contributed by atoms with Gasteiger partial charge >= 0.3 is 0 Å². The van der Waals surface area contributed by atoms with Gasteiger partial charge in [-0.2, -0.15) is 5.10 Å². The van der Waals surface area contributed by atoms with Crippen molar-refractivity contribution in [3.8, 4) is 5.69 Å². The summed E-state index contributed by atoms with van der Waals surface area (Å²) in [6, 6.07) is 14.4. The minimum atomic E-state index is -0.286. The standard InChI is InChI=1S/C23H28N4O/c1-23(2,3)25-22(28)20-8-4-6-18-15-27(26-21(18)20)19-11-9-16(10-12-19)17-7-5-13-24-14-17/h4,6,8-12,15,17,24H,5,7,13-14H2,1-3H3,(H,25,28). The van der Waals surface area contributed by atoms with E-state index in [4.69, 9.17) is 5.10 Å². The smallest absolute Gasteiger partial charge is 0.253 e. The van der Waals surface area contributed by atoms with Gasteiger partial charge in [0, 0.05) is 23.7 Å². The van der Waals surface area contributed by atoms with Crippen molar-refractivity contribution >= 4 is 16.8 Å². The molecule has 1 aliphatic heterocycles. The molecule has 1 saturated heterocycles. The summed E-state index contributed by atoms with van der Waals surface area (Å²) in [6.45, 7) is 8.12. The molecule has 1 amide bonds. The van der Waals surface area contributed by atoms with Gasteiger partial charge in [0.1, 0.15) is 5.52 Å². The number of nitrogens with zero attached hydrogens (tertiary/aromatic N) is 2. The highest BCUT2D eigenvalue weighted by atomic mass is 16.1. The summed E-state index contributed by atoms with van der Waals surface area (Å²) in [4.78, 5) is 12.7. The number of carbonyl (C=O) groups excluding carboxylic acids is 1. The highest BCUT2D eigenvalue weighted by Crippen LogP contribution is 2.25. The Labute approximate surface area is 166 Å². The van der Waals surface area contributed by atoms with Gasteiger partial charge in [-0.25, -0.2) is 4.68 Å². The third-order valence-corrected chi connectivity index (χ3v) is 5.20. The number of benzene rings is 2. The van der Waals surface area contributed by atoms with Gasteiger partial charge in [0.15, 0.2) is 0 Å². The first-order valence-electron chi connectivity index (χ1n) is 10.0. The van der Waals surface area contributed by atoms with Crippen LogP contribution in [0.1, 0.15) is 55.5 Å². The quantitative estimate of drug-likeness (QED) is 0.726. The molecule has 0 bridgehead atoms. The van der Waals surface area contributed by atoms with E-state index in [1.165, 1.54) is 18.4 Å². The van der Waals surface area contributed by atoms with E-state index >= 15 is 0 Å². The average molecular weight is 377 g/mol. The molecule has 0 spiro atoms. The second-order valence-electron chi connectivity index (χ2n) is 8.66. The summed E-state index contributed by atoms with van der Waals surface area (Å²) in [5.74, 6) is 0.496. The molecular formula is C23H28N4O. The Hall–Kier alpha value is -2.66. The predicted molar refractivity (Wildman–Crippen MR) is 113 cm³/mol. The monoisotopic (exact) mass is 376 g/mol. The van der Waals surface area contributed by atoms with Crippen LogP contribution in [0.3, 0.4) is 0 Å². The molecule has 0 saturated carbocycles. The molecule has 146 valence electrons. The molecule has 1 unspecified atom stereocenters. The zero-order valence-electron chi connectivity index (χ0n) is 16.8.